The van der Waals surface area contributed by atoms with Gasteiger partial charge in [-0.05, 0) is 18.1 Å². The zero-order valence-corrected chi connectivity index (χ0v) is 12.7. The Morgan fingerprint density at radius 3 is 2.45 bits per heavy atom. The highest BCUT2D eigenvalue weighted by molar-refractivity contribution is 5.85. The number of benzene rings is 1. The topological polar surface area (TPSA) is 84.6 Å². The Hall–Kier alpha value is -1.14. The number of rotatable bonds is 7. The maximum Gasteiger partial charge on any atom is 0.222 e. The number of nitrogens with two attached hydrogens (primary N) is 1. The van der Waals surface area contributed by atoms with Crippen molar-refractivity contribution in [1.82, 2.24) is 5.32 Å². The monoisotopic (exact) mass is 302 g/mol. The van der Waals surface area contributed by atoms with Crippen molar-refractivity contribution in [2.45, 2.75) is 32.1 Å². The number of amides is 1. The van der Waals surface area contributed by atoms with Gasteiger partial charge in [0.2, 0.25) is 5.91 Å². The molecule has 0 aliphatic carbocycles. The highest BCUT2D eigenvalue weighted by Crippen LogP contribution is 2.12. The number of aliphatic hydroxyl groups excluding tert-OH is 1. The molecule has 0 fully saturated rings. The SMILES string of the molecule is COC(CN)CC(=O)NCc1ccc(C(C)O)cc1.Cl. The summed E-state index contributed by atoms with van der Waals surface area (Å²) in [6.45, 7) is 2.50. The van der Waals surface area contributed by atoms with Crippen LogP contribution in [0, 0.1) is 0 Å². The van der Waals surface area contributed by atoms with Crippen LogP contribution < -0.4 is 11.1 Å². The van der Waals surface area contributed by atoms with E-state index in [2.05, 4.69) is 5.32 Å². The summed E-state index contributed by atoms with van der Waals surface area (Å²) < 4.78 is 5.05. The molecule has 0 radical (unpaired) electrons. The van der Waals surface area contributed by atoms with Crippen LogP contribution >= 0.6 is 12.4 Å². The summed E-state index contributed by atoms with van der Waals surface area (Å²) in [5.74, 6) is -0.0862. The third-order valence-corrected chi connectivity index (χ3v) is 2.96. The van der Waals surface area contributed by atoms with Crippen LogP contribution in [0.1, 0.15) is 30.6 Å². The van der Waals surface area contributed by atoms with Crippen LogP contribution in [0.3, 0.4) is 0 Å². The van der Waals surface area contributed by atoms with E-state index in [9.17, 15) is 9.90 Å². The number of aliphatic hydroxyl groups is 1. The fourth-order valence-corrected chi connectivity index (χ4v) is 1.66. The van der Waals surface area contributed by atoms with Gasteiger partial charge >= 0.3 is 0 Å². The Morgan fingerprint density at radius 2 is 2.00 bits per heavy atom. The quantitative estimate of drug-likeness (QED) is 0.705. The number of nitrogens with one attached hydrogen (secondary N) is 1. The minimum absolute atomic E-state index is 0. The molecule has 2 unspecified atom stereocenters. The fraction of sp³-hybridized carbons (Fsp3) is 0.500. The first-order valence-electron chi connectivity index (χ1n) is 6.33. The summed E-state index contributed by atoms with van der Waals surface area (Å²) in [5, 5.41) is 12.2. The summed E-state index contributed by atoms with van der Waals surface area (Å²) in [6, 6.07) is 7.48. The Labute approximate surface area is 125 Å². The summed E-state index contributed by atoms with van der Waals surface area (Å²) in [5.41, 5.74) is 7.30. The van der Waals surface area contributed by atoms with Crippen molar-refractivity contribution in [3.05, 3.63) is 35.4 Å². The number of halogens is 1. The molecule has 0 saturated carbocycles. The van der Waals surface area contributed by atoms with E-state index in [0.29, 0.717) is 13.1 Å². The standard InChI is InChI=1S/C14H22N2O3.ClH/c1-10(17)12-5-3-11(4-6-12)9-16-14(18)7-13(8-15)19-2;/h3-6,10,13,17H,7-9,15H2,1-2H3,(H,16,18);1H. The first-order chi connectivity index (χ1) is 9.06. The highest BCUT2D eigenvalue weighted by atomic mass is 35.5. The predicted octanol–water partition coefficient (Wildman–Crippen LogP) is 1.14. The lowest BCUT2D eigenvalue weighted by atomic mass is 10.1. The maximum absolute atomic E-state index is 11.6. The van der Waals surface area contributed by atoms with E-state index in [1.165, 1.54) is 0 Å². The Morgan fingerprint density at radius 1 is 1.40 bits per heavy atom. The second kappa shape index (κ2) is 9.72. The summed E-state index contributed by atoms with van der Waals surface area (Å²) in [4.78, 5) is 11.6. The number of carbonyl (C=O) groups is 1. The second-order valence-corrected chi connectivity index (χ2v) is 4.49. The first-order valence-corrected chi connectivity index (χ1v) is 6.33. The molecule has 20 heavy (non-hydrogen) atoms. The molecular formula is C14H23ClN2O3. The normalized spacial score (nSPS) is 13.2. The molecule has 1 amide bonds. The molecule has 0 aromatic heterocycles. The molecule has 5 nitrogen and oxygen atoms in total. The van der Waals surface area contributed by atoms with Gasteiger partial charge in [-0.2, -0.15) is 0 Å². The molecule has 1 aromatic carbocycles. The smallest absolute Gasteiger partial charge is 0.222 e. The van der Waals surface area contributed by atoms with Crippen molar-refractivity contribution in [2.75, 3.05) is 13.7 Å². The van der Waals surface area contributed by atoms with E-state index < -0.39 is 6.10 Å². The highest BCUT2D eigenvalue weighted by Gasteiger charge is 2.10. The van der Waals surface area contributed by atoms with Gasteiger partial charge < -0.3 is 20.9 Å². The zero-order chi connectivity index (χ0) is 14.3. The number of carbonyl (C=O) groups excluding carboxylic acids is 1. The van der Waals surface area contributed by atoms with E-state index in [0.717, 1.165) is 11.1 Å². The molecule has 4 N–H and O–H groups in total. The van der Waals surface area contributed by atoms with Gasteiger partial charge in [0.25, 0.3) is 0 Å². The largest absolute Gasteiger partial charge is 0.389 e. The molecule has 1 rings (SSSR count). The maximum atomic E-state index is 11.6. The lowest BCUT2D eigenvalue weighted by Crippen LogP contribution is -2.31. The number of hydrogen-bond donors (Lipinski definition) is 3. The Bertz CT molecular complexity index is 392. The Balaban J connectivity index is 0.00000361. The van der Waals surface area contributed by atoms with E-state index in [1.54, 1.807) is 14.0 Å². The zero-order valence-electron chi connectivity index (χ0n) is 11.8. The van der Waals surface area contributed by atoms with Crippen LogP contribution in [0.4, 0.5) is 0 Å². The van der Waals surface area contributed by atoms with Crippen LogP contribution in [0.15, 0.2) is 24.3 Å². The minimum atomic E-state index is -0.476. The summed E-state index contributed by atoms with van der Waals surface area (Å²) >= 11 is 0. The van der Waals surface area contributed by atoms with Gasteiger partial charge in [0.1, 0.15) is 0 Å². The Kier molecular flexibility index (Phi) is 9.16. The summed E-state index contributed by atoms with van der Waals surface area (Å²) in [7, 11) is 1.54. The average Bonchev–Trinajstić information content (AvgIpc) is 2.43. The molecule has 0 bridgehead atoms. The first kappa shape index (κ1) is 18.9. The molecule has 0 saturated heterocycles. The molecule has 1 aromatic rings. The molecule has 0 heterocycles. The molecule has 0 aliphatic heterocycles. The summed E-state index contributed by atoms with van der Waals surface area (Å²) in [6.07, 6.45) is -0.452. The van der Waals surface area contributed by atoms with Crippen LogP contribution in [0.5, 0.6) is 0 Å². The van der Waals surface area contributed by atoms with Gasteiger partial charge in [0.15, 0.2) is 0 Å². The van der Waals surface area contributed by atoms with Crippen molar-refractivity contribution in [3.8, 4) is 0 Å². The minimum Gasteiger partial charge on any atom is -0.389 e. The van der Waals surface area contributed by atoms with Crippen molar-refractivity contribution in [2.24, 2.45) is 5.73 Å². The number of hydrogen-bond acceptors (Lipinski definition) is 4. The van der Waals surface area contributed by atoms with Gasteiger partial charge in [-0.15, -0.1) is 12.4 Å². The second-order valence-electron chi connectivity index (χ2n) is 4.49. The predicted molar refractivity (Wildman–Crippen MR) is 80.6 cm³/mol. The molecular weight excluding hydrogens is 280 g/mol. The van der Waals surface area contributed by atoms with Gasteiger partial charge in [0.05, 0.1) is 18.6 Å². The van der Waals surface area contributed by atoms with E-state index >= 15 is 0 Å². The van der Waals surface area contributed by atoms with Gasteiger partial charge in [-0.3, -0.25) is 4.79 Å². The average molecular weight is 303 g/mol. The van der Waals surface area contributed by atoms with Crippen molar-refractivity contribution in [3.63, 3.8) is 0 Å². The van der Waals surface area contributed by atoms with Crippen LogP contribution in [-0.2, 0) is 16.1 Å². The van der Waals surface area contributed by atoms with E-state index in [4.69, 9.17) is 10.5 Å². The van der Waals surface area contributed by atoms with Gasteiger partial charge in [0, 0.05) is 20.2 Å². The molecule has 2 atom stereocenters. The number of methoxy groups -OCH3 is 1. The lowest BCUT2D eigenvalue weighted by Gasteiger charge is -2.13. The van der Waals surface area contributed by atoms with Crippen LogP contribution in [-0.4, -0.2) is 30.8 Å². The lowest BCUT2D eigenvalue weighted by molar-refractivity contribution is -0.123. The fourth-order valence-electron chi connectivity index (χ4n) is 1.66. The van der Waals surface area contributed by atoms with E-state index in [-0.39, 0.29) is 30.8 Å². The van der Waals surface area contributed by atoms with Crippen LogP contribution in [0.25, 0.3) is 0 Å². The van der Waals surface area contributed by atoms with Crippen molar-refractivity contribution in [1.29, 1.82) is 0 Å². The van der Waals surface area contributed by atoms with Crippen molar-refractivity contribution >= 4 is 18.3 Å². The van der Waals surface area contributed by atoms with E-state index in [1.807, 2.05) is 24.3 Å². The third-order valence-electron chi connectivity index (χ3n) is 2.96. The molecule has 6 heteroatoms. The molecule has 0 spiro atoms. The molecule has 114 valence electrons. The third kappa shape index (κ3) is 6.34. The van der Waals surface area contributed by atoms with Crippen LogP contribution in [0.2, 0.25) is 0 Å². The molecule has 0 aliphatic rings. The van der Waals surface area contributed by atoms with Gasteiger partial charge in [-0.25, -0.2) is 0 Å². The number of ether oxygens (including phenoxy) is 1. The van der Waals surface area contributed by atoms with Crippen molar-refractivity contribution < 1.29 is 14.6 Å². The van der Waals surface area contributed by atoms with Gasteiger partial charge in [-0.1, -0.05) is 24.3 Å².